The summed E-state index contributed by atoms with van der Waals surface area (Å²) >= 11 is 0. The van der Waals surface area contributed by atoms with E-state index in [9.17, 15) is 4.79 Å². The maximum atomic E-state index is 11.6. The second kappa shape index (κ2) is 7.52. The van der Waals surface area contributed by atoms with Gasteiger partial charge in [0.25, 0.3) is 5.91 Å². The monoisotopic (exact) mass is 291 g/mol. The number of carbonyl (C=O) groups excluding carboxylic acids is 1. The molecule has 1 fully saturated rings. The summed E-state index contributed by atoms with van der Waals surface area (Å²) in [6, 6.07) is 6.68. The van der Waals surface area contributed by atoms with Gasteiger partial charge in [-0.05, 0) is 43.0 Å². The highest BCUT2D eigenvalue weighted by Gasteiger charge is 2.20. The third-order valence-electron chi connectivity index (χ3n) is 3.44. The summed E-state index contributed by atoms with van der Waals surface area (Å²) in [5, 5.41) is 14.3. The van der Waals surface area contributed by atoms with Gasteiger partial charge in [-0.3, -0.25) is 4.79 Å². The lowest BCUT2D eigenvalue weighted by molar-refractivity contribution is -0.123. The van der Waals surface area contributed by atoms with Crippen molar-refractivity contribution >= 4 is 11.7 Å². The second-order valence-corrected chi connectivity index (χ2v) is 5.23. The Hall–Kier alpha value is -2.24. The zero-order valence-electron chi connectivity index (χ0n) is 11.9. The van der Waals surface area contributed by atoms with Gasteiger partial charge in [-0.2, -0.15) is 0 Å². The maximum absolute atomic E-state index is 11.6. The van der Waals surface area contributed by atoms with Gasteiger partial charge in [0, 0.05) is 12.1 Å². The lowest BCUT2D eigenvalue weighted by atomic mass is 10.2. The molecule has 1 amide bonds. The highest BCUT2D eigenvalue weighted by Crippen LogP contribution is 2.33. The number of nitrogens with one attached hydrogen (secondary N) is 1. The molecule has 1 aliphatic carbocycles. The number of ether oxygens (including phenoxy) is 1. The first-order valence-corrected chi connectivity index (χ1v) is 7.16. The molecule has 0 aliphatic heterocycles. The van der Waals surface area contributed by atoms with Crippen molar-refractivity contribution in [1.29, 1.82) is 0 Å². The number of amidine groups is 1. The predicted molar refractivity (Wildman–Crippen MR) is 79.4 cm³/mol. The van der Waals surface area contributed by atoms with Crippen LogP contribution in [0.5, 0.6) is 5.75 Å². The molecular weight excluding hydrogens is 270 g/mol. The number of nitrogens with zero attached hydrogens (tertiary/aromatic N) is 1. The van der Waals surface area contributed by atoms with Gasteiger partial charge in [0.05, 0.1) is 0 Å². The molecule has 1 aliphatic rings. The van der Waals surface area contributed by atoms with Crippen LogP contribution in [0.25, 0.3) is 0 Å². The number of carbonyl (C=O) groups is 1. The average molecular weight is 291 g/mol. The zero-order valence-corrected chi connectivity index (χ0v) is 11.9. The number of amides is 1. The minimum Gasteiger partial charge on any atom is -0.484 e. The van der Waals surface area contributed by atoms with Crippen molar-refractivity contribution in [2.45, 2.75) is 25.7 Å². The van der Waals surface area contributed by atoms with E-state index < -0.39 is 0 Å². The Kier molecular flexibility index (Phi) is 5.43. The molecule has 6 nitrogen and oxygen atoms in total. The smallest absolute Gasteiger partial charge is 0.257 e. The number of oxime groups is 1. The van der Waals surface area contributed by atoms with Gasteiger partial charge >= 0.3 is 0 Å². The van der Waals surface area contributed by atoms with Crippen LogP contribution in [0.2, 0.25) is 0 Å². The first-order valence-electron chi connectivity index (χ1n) is 7.16. The standard InChI is InChI=1S/C15H21N3O3/c16-15(18-20)12-5-7-13(8-6-12)21-10-14(19)17-9-1-2-11-3-4-11/h5-8,11,20H,1-4,9-10H2,(H2,16,18)(H,17,19). The van der Waals surface area contributed by atoms with Crippen LogP contribution in [-0.2, 0) is 4.79 Å². The van der Waals surface area contributed by atoms with Gasteiger partial charge in [0.15, 0.2) is 12.4 Å². The van der Waals surface area contributed by atoms with Crippen molar-refractivity contribution in [3.8, 4) is 5.75 Å². The van der Waals surface area contributed by atoms with Crippen LogP contribution in [0.3, 0.4) is 0 Å². The van der Waals surface area contributed by atoms with E-state index in [-0.39, 0.29) is 18.3 Å². The Morgan fingerprint density at radius 3 is 2.71 bits per heavy atom. The number of hydrogen-bond acceptors (Lipinski definition) is 4. The molecular formula is C15H21N3O3. The zero-order chi connectivity index (χ0) is 15.1. The van der Waals surface area contributed by atoms with E-state index in [4.69, 9.17) is 15.7 Å². The van der Waals surface area contributed by atoms with Gasteiger partial charge < -0.3 is 21.0 Å². The van der Waals surface area contributed by atoms with Crippen LogP contribution in [0, 0.1) is 5.92 Å². The van der Waals surface area contributed by atoms with E-state index in [1.165, 1.54) is 19.3 Å². The largest absolute Gasteiger partial charge is 0.484 e. The quantitative estimate of drug-likeness (QED) is 0.222. The highest BCUT2D eigenvalue weighted by atomic mass is 16.5. The Bertz CT molecular complexity index is 495. The molecule has 0 bridgehead atoms. The molecule has 0 aromatic heterocycles. The Labute approximate surface area is 124 Å². The summed E-state index contributed by atoms with van der Waals surface area (Å²) in [7, 11) is 0. The van der Waals surface area contributed by atoms with Gasteiger partial charge in [0.1, 0.15) is 5.75 Å². The topological polar surface area (TPSA) is 96.9 Å². The van der Waals surface area contributed by atoms with Gasteiger partial charge in [-0.25, -0.2) is 0 Å². The fourth-order valence-corrected chi connectivity index (χ4v) is 2.00. The molecule has 2 rings (SSSR count). The Morgan fingerprint density at radius 1 is 1.38 bits per heavy atom. The molecule has 21 heavy (non-hydrogen) atoms. The van der Waals surface area contributed by atoms with Gasteiger partial charge in [-0.15, -0.1) is 0 Å². The highest BCUT2D eigenvalue weighted by molar-refractivity contribution is 5.97. The maximum Gasteiger partial charge on any atom is 0.257 e. The van der Waals surface area contributed by atoms with E-state index in [2.05, 4.69) is 10.5 Å². The molecule has 0 saturated heterocycles. The van der Waals surface area contributed by atoms with Crippen molar-refractivity contribution < 1.29 is 14.7 Å². The number of nitrogens with two attached hydrogens (primary N) is 1. The summed E-state index contributed by atoms with van der Waals surface area (Å²) in [6.07, 6.45) is 4.93. The molecule has 0 radical (unpaired) electrons. The number of benzene rings is 1. The molecule has 0 heterocycles. The minimum atomic E-state index is -0.119. The van der Waals surface area contributed by atoms with Crippen LogP contribution in [0.1, 0.15) is 31.2 Å². The van der Waals surface area contributed by atoms with Crippen molar-refractivity contribution in [2.75, 3.05) is 13.2 Å². The van der Waals surface area contributed by atoms with E-state index in [0.717, 1.165) is 12.3 Å². The summed E-state index contributed by atoms with van der Waals surface area (Å²) in [5.74, 6) is 1.38. The SMILES string of the molecule is N/C(=N/O)c1ccc(OCC(=O)NCCCC2CC2)cc1. The van der Waals surface area contributed by atoms with E-state index in [1.54, 1.807) is 24.3 Å². The van der Waals surface area contributed by atoms with Crippen LogP contribution in [-0.4, -0.2) is 30.1 Å². The average Bonchev–Trinajstić information content (AvgIpc) is 3.33. The van der Waals surface area contributed by atoms with Crippen molar-refractivity contribution in [1.82, 2.24) is 5.32 Å². The summed E-state index contributed by atoms with van der Waals surface area (Å²) in [4.78, 5) is 11.6. The van der Waals surface area contributed by atoms with Crippen molar-refractivity contribution in [3.05, 3.63) is 29.8 Å². The fraction of sp³-hybridized carbons (Fsp3) is 0.467. The first-order chi connectivity index (χ1) is 10.2. The van der Waals surface area contributed by atoms with E-state index >= 15 is 0 Å². The molecule has 1 saturated carbocycles. The molecule has 1 aromatic rings. The van der Waals surface area contributed by atoms with Gasteiger partial charge in [0.2, 0.25) is 0 Å². The van der Waals surface area contributed by atoms with Crippen LogP contribution < -0.4 is 15.8 Å². The summed E-state index contributed by atoms with van der Waals surface area (Å²) in [6.45, 7) is 0.702. The lowest BCUT2D eigenvalue weighted by Crippen LogP contribution is -2.29. The third kappa shape index (κ3) is 5.33. The second-order valence-electron chi connectivity index (χ2n) is 5.23. The Morgan fingerprint density at radius 2 is 2.10 bits per heavy atom. The number of hydrogen-bond donors (Lipinski definition) is 3. The fourth-order valence-electron chi connectivity index (χ4n) is 2.00. The molecule has 6 heteroatoms. The van der Waals surface area contributed by atoms with E-state index in [0.29, 0.717) is 17.9 Å². The van der Waals surface area contributed by atoms with Crippen LogP contribution >= 0.6 is 0 Å². The molecule has 0 atom stereocenters. The van der Waals surface area contributed by atoms with Crippen molar-refractivity contribution in [2.24, 2.45) is 16.8 Å². The third-order valence-corrected chi connectivity index (χ3v) is 3.44. The number of rotatable bonds is 8. The van der Waals surface area contributed by atoms with Crippen LogP contribution in [0.4, 0.5) is 0 Å². The molecule has 1 aromatic carbocycles. The predicted octanol–water partition coefficient (Wildman–Crippen LogP) is 1.47. The minimum absolute atomic E-state index is 0.00759. The first kappa shape index (κ1) is 15.2. The molecule has 4 N–H and O–H groups in total. The summed E-state index contributed by atoms with van der Waals surface area (Å²) in [5.41, 5.74) is 6.05. The van der Waals surface area contributed by atoms with Gasteiger partial charge in [-0.1, -0.05) is 18.0 Å². The molecule has 0 unspecified atom stereocenters. The van der Waals surface area contributed by atoms with E-state index in [1.807, 2.05) is 0 Å². The summed E-state index contributed by atoms with van der Waals surface area (Å²) < 4.78 is 5.37. The molecule has 114 valence electrons. The molecule has 0 spiro atoms. The Balaban J connectivity index is 1.65. The van der Waals surface area contributed by atoms with Crippen molar-refractivity contribution in [3.63, 3.8) is 0 Å². The van der Waals surface area contributed by atoms with Crippen LogP contribution in [0.15, 0.2) is 29.4 Å². The lowest BCUT2D eigenvalue weighted by Gasteiger charge is -2.08. The normalized spacial score (nSPS) is 14.8.